The highest BCUT2D eigenvalue weighted by Crippen LogP contribution is 2.31. The molecule has 0 unspecified atom stereocenters. The molecule has 0 radical (unpaired) electrons. The van der Waals surface area contributed by atoms with Gasteiger partial charge < -0.3 is 0 Å². The van der Waals surface area contributed by atoms with Crippen LogP contribution in [0.25, 0.3) is 32.7 Å². The summed E-state index contributed by atoms with van der Waals surface area (Å²) in [5.74, 6) is 0. The molecule has 0 spiro atoms. The van der Waals surface area contributed by atoms with Crippen molar-refractivity contribution in [3.8, 4) is 11.1 Å². The Kier molecular flexibility index (Phi) is 2.75. The summed E-state index contributed by atoms with van der Waals surface area (Å²) in [6.07, 6.45) is 0. The van der Waals surface area contributed by atoms with Crippen LogP contribution in [0.2, 0.25) is 0 Å². The van der Waals surface area contributed by atoms with Crippen LogP contribution in [0.15, 0.2) is 78.9 Å². The van der Waals surface area contributed by atoms with E-state index in [1.54, 1.807) is 0 Å². The second kappa shape index (κ2) is 4.75. The number of hydrogen-bond acceptors (Lipinski definition) is 0. The van der Waals surface area contributed by atoms with Crippen molar-refractivity contribution in [2.45, 2.75) is 6.92 Å². The Balaban J connectivity index is 1.97. The molecule has 0 atom stereocenters. The number of benzene rings is 4. The van der Waals surface area contributed by atoms with Crippen molar-refractivity contribution in [3.63, 3.8) is 0 Å². The van der Waals surface area contributed by atoms with Gasteiger partial charge in [-0.15, -0.1) is 0 Å². The Morgan fingerprint density at radius 3 is 2.10 bits per heavy atom. The highest BCUT2D eigenvalue weighted by molar-refractivity contribution is 5.94. The first kappa shape index (κ1) is 12.2. The molecule has 0 heterocycles. The Hall–Kier alpha value is -2.60. The van der Waals surface area contributed by atoms with Gasteiger partial charge >= 0.3 is 0 Å². The molecule has 100 valence electrons. The van der Waals surface area contributed by atoms with Gasteiger partial charge in [0.1, 0.15) is 0 Å². The average molecular weight is 268 g/mol. The number of aryl methyl sites for hydroxylation is 1. The Morgan fingerprint density at radius 2 is 1.24 bits per heavy atom. The van der Waals surface area contributed by atoms with Gasteiger partial charge in [0.2, 0.25) is 0 Å². The van der Waals surface area contributed by atoms with E-state index in [9.17, 15) is 0 Å². The summed E-state index contributed by atoms with van der Waals surface area (Å²) >= 11 is 0. The van der Waals surface area contributed by atoms with Crippen LogP contribution in [0, 0.1) is 6.92 Å². The van der Waals surface area contributed by atoms with Gasteiger partial charge in [-0.25, -0.2) is 0 Å². The van der Waals surface area contributed by atoms with Crippen molar-refractivity contribution in [1.29, 1.82) is 0 Å². The molecule has 0 aliphatic carbocycles. The van der Waals surface area contributed by atoms with Gasteiger partial charge in [-0.1, -0.05) is 72.8 Å². The van der Waals surface area contributed by atoms with Crippen LogP contribution in [0.4, 0.5) is 0 Å². The van der Waals surface area contributed by atoms with E-state index in [0.29, 0.717) is 0 Å². The predicted molar refractivity (Wildman–Crippen MR) is 91.6 cm³/mol. The van der Waals surface area contributed by atoms with E-state index >= 15 is 0 Å². The molecule has 4 aromatic carbocycles. The maximum Gasteiger partial charge on any atom is -0.0148 e. The summed E-state index contributed by atoms with van der Waals surface area (Å²) < 4.78 is 0. The molecule has 0 aliphatic rings. The van der Waals surface area contributed by atoms with Gasteiger partial charge in [-0.3, -0.25) is 0 Å². The lowest BCUT2D eigenvalue weighted by atomic mass is 9.94. The third-order valence-corrected chi connectivity index (χ3v) is 4.26. The van der Waals surface area contributed by atoms with Gasteiger partial charge in [0.05, 0.1) is 0 Å². The summed E-state index contributed by atoms with van der Waals surface area (Å²) in [7, 11) is 0. The molecular weight excluding hydrogens is 252 g/mol. The van der Waals surface area contributed by atoms with E-state index in [0.717, 1.165) is 0 Å². The van der Waals surface area contributed by atoms with Crippen LogP contribution in [0.1, 0.15) is 5.56 Å². The highest BCUT2D eigenvalue weighted by Gasteiger charge is 2.06. The van der Waals surface area contributed by atoms with Gasteiger partial charge in [0.25, 0.3) is 0 Å². The average Bonchev–Trinajstić information content (AvgIpc) is 2.55. The second-order valence-electron chi connectivity index (χ2n) is 5.52. The van der Waals surface area contributed by atoms with Crippen LogP contribution >= 0.6 is 0 Å². The number of rotatable bonds is 1. The molecule has 21 heavy (non-hydrogen) atoms. The minimum absolute atomic E-state index is 1.29. The Bertz CT molecular complexity index is 948. The van der Waals surface area contributed by atoms with E-state index in [1.807, 2.05) is 0 Å². The van der Waals surface area contributed by atoms with Crippen LogP contribution in [0.5, 0.6) is 0 Å². The fraction of sp³-hybridized carbons (Fsp3) is 0.0476. The van der Waals surface area contributed by atoms with Crippen molar-refractivity contribution in [2.24, 2.45) is 0 Å². The van der Waals surface area contributed by atoms with Crippen LogP contribution in [0.3, 0.4) is 0 Å². The number of hydrogen-bond donors (Lipinski definition) is 0. The molecule has 0 bridgehead atoms. The molecule has 0 fully saturated rings. The quantitative estimate of drug-likeness (QED) is 0.399. The highest BCUT2D eigenvalue weighted by atomic mass is 14.1. The lowest BCUT2D eigenvalue weighted by Gasteiger charge is -2.10. The van der Waals surface area contributed by atoms with Crippen LogP contribution < -0.4 is 0 Å². The van der Waals surface area contributed by atoms with Crippen molar-refractivity contribution in [3.05, 3.63) is 84.4 Å². The summed E-state index contributed by atoms with van der Waals surface area (Å²) in [6, 6.07) is 28.3. The third kappa shape index (κ3) is 2.00. The van der Waals surface area contributed by atoms with Crippen molar-refractivity contribution in [2.75, 3.05) is 0 Å². The first-order valence-corrected chi connectivity index (χ1v) is 7.30. The monoisotopic (exact) mass is 268 g/mol. The first-order chi connectivity index (χ1) is 10.3. The standard InChI is InChI=1S/C21H16/c1-15-20-9-5-4-7-17(20)12-13-21(15)19-11-10-16-6-2-3-8-18(16)14-19/h2-14H,1H3. The summed E-state index contributed by atoms with van der Waals surface area (Å²) in [5.41, 5.74) is 3.96. The molecule has 0 N–H and O–H groups in total. The molecule has 4 rings (SSSR count). The van der Waals surface area contributed by atoms with Crippen LogP contribution in [-0.4, -0.2) is 0 Å². The number of fused-ring (bicyclic) bond motifs is 2. The molecular formula is C21H16. The zero-order chi connectivity index (χ0) is 14.2. The Morgan fingerprint density at radius 1 is 0.571 bits per heavy atom. The van der Waals surface area contributed by atoms with E-state index < -0.39 is 0 Å². The van der Waals surface area contributed by atoms with E-state index in [2.05, 4.69) is 85.8 Å². The second-order valence-corrected chi connectivity index (χ2v) is 5.52. The maximum atomic E-state index is 2.28. The predicted octanol–water partition coefficient (Wildman–Crippen LogP) is 5.97. The Labute approximate surface area is 124 Å². The maximum absolute atomic E-state index is 2.28. The topological polar surface area (TPSA) is 0 Å². The van der Waals surface area contributed by atoms with Crippen molar-refractivity contribution < 1.29 is 0 Å². The summed E-state index contributed by atoms with van der Waals surface area (Å²) in [4.78, 5) is 0. The lowest BCUT2D eigenvalue weighted by molar-refractivity contribution is 1.51. The molecule has 4 aromatic rings. The SMILES string of the molecule is Cc1c(-c2ccc3ccccc3c2)ccc2ccccc12. The zero-order valence-corrected chi connectivity index (χ0v) is 12.0. The smallest absolute Gasteiger partial charge is 0.0148 e. The molecule has 0 aliphatic heterocycles. The van der Waals surface area contributed by atoms with Crippen molar-refractivity contribution >= 4 is 21.5 Å². The van der Waals surface area contributed by atoms with E-state index in [4.69, 9.17) is 0 Å². The first-order valence-electron chi connectivity index (χ1n) is 7.30. The van der Waals surface area contributed by atoms with Crippen molar-refractivity contribution in [1.82, 2.24) is 0 Å². The normalized spacial score (nSPS) is 11.1. The fourth-order valence-corrected chi connectivity index (χ4v) is 3.10. The van der Waals surface area contributed by atoms with E-state index in [1.165, 1.54) is 38.2 Å². The minimum atomic E-state index is 1.29. The van der Waals surface area contributed by atoms with Gasteiger partial charge in [0.15, 0.2) is 0 Å². The molecule has 0 amide bonds. The van der Waals surface area contributed by atoms with E-state index in [-0.39, 0.29) is 0 Å². The zero-order valence-electron chi connectivity index (χ0n) is 12.0. The van der Waals surface area contributed by atoms with Gasteiger partial charge in [0, 0.05) is 0 Å². The largest absolute Gasteiger partial charge is 0.0616 e. The summed E-state index contributed by atoms with van der Waals surface area (Å²) in [5, 5.41) is 5.23. The van der Waals surface area contributed by atoms with Gasteiger partial charge in [-0.05, 0) is 51.2 Å². The molecule has 0 nitrogen and oxygen atoms in total. The summed E-state index contributed by atoms with van der Waals surface area (Å²) in [6.45, 7) is 2.22. The molecule has 0 saturated carbocycles. The molecule has 0 heteroatoms. The lowest BCUT2D eigenvalue weighted by Crippen LogP contribution is -1.86. The molecule has 0 saturated heterocycles. The molecule has 0 aromatic heterocycles. The minimum Gasteiger partial charge on any atom is -0.0616 e. The van der Waals surface area contributed by atoms with Crippen LogP contribution in [-0.2, 0) is 0 Å². The fourth-order valence-electron chi connectivity index (χ4n) is 3.10. The van der Waals surface area contributed by atoms with Gasteiger partial charge in [-0.2, -0.15) is 0 Å². The third-order valence-electron chi connectivity index (χ3n) is 4.26.